The first-order chi connectivity index (χ1) is 12.7. The third-order valence-electron chi connectivity index (χ3n) is 5.53. The van der Waals surface area contributed by atoms with Crippen LogP contribution in [-0.4, -0.2) is 66.8 Å². The van der Waals surface area contributed by atoms with Crippen LogP contribution in [0.25, 0.3) is 0 Å². The molecule has 2 fully saturated rings. The monoisotopic (exact) mass is 364 g/mol. The number of benzene rings is 1. The summed E-state index contributed by atoms with van der Waals surface area (Å²) in [7, 11) is 0. The number of carbonyl (C=O) groups is 1. The quantitative estimate of drug-likeness (QED) is 0.840. The zero-order chi connectivity index (χ0) is 18.4. The number of halogens is 1. The predicted molar refractivity (Wildman–Crippen MR) is 97.4 cm³/mol. The second-order valence-electron chi connectivity index (χ2n) is 7.46. The van der Waals surface area contributed by atoms with Crippen LogP contribution >= 0.6 is 0 Å². The van der Waals surface area contributed by atoms with Gasteiger partial charge in [0.1, 0.15) is 11.6 Å². The molecule has 1 N–H and O–H groups in total. The van der Waals surface area contributed by atoms with Crippen molar-refractivity contribution in [3.05, 3.63) is 30.1 Å². The highest BCUT2D eigenvalue weighted by atomic mass is 19.1. The number of hydrogen-bond acceptors (Lipinski definition) is 4. The minimum absolute atomic E-state index is 0.0553. The maximum Gasteiger partial charge on any atom is 0.260 e. The molecule has 2 aliphatic heterocycles. The lowest BCUT2D eigenvalue weighted by Gasteiger charge is -2.26. The summed E-state index contributed by atoms with van der Waals surface area (Å²) in [5.74, 6) is 0.524. The Hall–Kier alpha value is -1.66. The Morgan fingerprint density at radius 1 is 1.08 bits per heavy atom. The van der Waals surface area contributed by atoms with Crippen LogP contribution in [0.1, 0.15) is 25.7 Å². The summed E-state index contributed by atoms with van der Waals surface area (Å²) in [6.45, 7) is 4.51. The number of hydrogen-bond donors (Lipinski definition) is 1. The van der Waals surface area contributed by atoms with Gasteiger partial charge in [0.05, 0.1) is 0 Å². The van der Waals surface area contributed by atoms with Gasteiger partial charge < -0.3 is 19.6 Å². The van der Waals surface area contributed by atoms with E-state index in [0.29, 0.717) is 24.8 Å². The first-order valence-electron chi connectivity index (χ1n) is 9.65. The van der Waals surface area contributed by atoms with Crippen molar-refractivity contribution in [2.75, 3.05) is 45.9 Å². The molecule has 0 bridgehead atoms. The van der Waals surface area contributed by atoms with E-state index in [0.717, 1.165) is 19.6 Å². The zero-order valence-corrected chi connectivity index (χ0v) is 15.3. The highest BCUT2D eigenvalue weighted by molar-refractivity contribution is 5.78. The van der Waals surface area contributed by atoms with E-state index in [2.05, 4.69) is 4.90 Å². The minimum Gasteiger partial charge on any atom is -0.484 e. The number of aliphatic hydroxyl groups excluding tert-OH is 1. The third kappa shape index (κ3) is 5.17. The number of carbonyl (C=O) groups excluding carboxylic acids is 1. The first kappa shape index (κ1) is 19.1. The molecule has 0 spiro atoms. The predicted octanol–water partition coefficient (Wildman–Crippen LogP) is 2.15. The van der Waals surface area contributed by atoms with E-state index < -0.39 is 0 Å². The lowest BCUT2D eigenvalue weighted by molar-refractivity contribution is -0.132. The second kappa shape index (κ2) is 9.33. The molecule has 0 aromatic heterocycles. The number of ether oxygens (including phenoxy) is 1. The molecule has 6 heteroatoms. The fourth-order valence-corrected chi connectivity index (χ4v) is 3.97. The summed E-state index contributed by atoms with van der Waals surface area (Å²) in [5.41, 5.74) is 0. The van der Waals surface area contributed by atoms with Crippen LogP contribution in [0.2, 0.25) is 0 Å². The summed E-state index contributed by atoms with van der Waals surface area (Å²) in [6, 6.07) is 5.67. The summed E-state index contributed by atoms with van der Waals surface area (Å²) in [6.07, 6.45) is 5.08. The molecule has 0 unspecified atom stereocenters. The highest BCUT2D eigenvalue weighted by Crippen LogP contribution is 2.25. The van der Waals surface area contributed by atoms with Crippen molar-refractivity contribution in [2.45, 2.75) is 25.7 Å². The van der Waals surface area contributed by atoms with Crippen molar-refractivity contribution in [3.8, 4) is 5.75 Å². The van der Waals surface area contributed by atoms with E-state index >= 15 is 0 Å². The Balaban J connectivity index is 1.50. The Kier molecular flexibility index (Phi) is 6.86. The lowest BCUT2D eigenvalue weighted by Crippen LogP contribution is -2.36. The van der Waals surface area contributed by atoms with Crippen LogP contribution in [0.15, 0.2) is 24.3 Å². The van der Waals surface area contributed by atoms with Gasteiger partial charge in [-0.1, -0.05) is 12.8 Å². The Labute approximate surface area is 154 Å². The van der Waals surface area contributed by atoms with Gasteiger partial charge in [-0.25, -0.2) is 4.39 Å². The molecule has 2 heterocycles. The lowest BCUT2D eigenvalue weighted by atomic mass is 9.96. The summed E-state index contributed by atoms with van der Waals surface area (Å²) >= 11 is 0. The molecule has 0 aliphatic carbocycles. The van der Waals surface area contributed by atoms with Gasteiger partial charge in [-0.05, 0) is 56.1 Å². The average Bonchev–Trinajstić information content (AvgIpc) is 2.88. The van der Waals surface area contributed by atoms with Gasteiger partial charge in [-0.2, -0.15) is 0 Å². The van der Waals surface area contributed by atoms with E-state index in [-0.39, 0.29) is 30.9 Å². The Morgan fingerprint density at radius 3 is 2.38 bits per heavy atom. The standard InChI is InChI=1S/C20H29FN2O3/c21-18-5-7-19(8-6-18)26-15-20(25)23-12-16(17(13-23)14-24)11-22-9-3-1-2-4-10-22/h5-8,16-17,24H,1-4,9-15H2/t16-,17-/m0/s1. The first-order valence-corrected chi connectivity index (χ1v) is 9.65. The molecule has 1 amide bonds. The molecule has 1 aromatic carbocycles. The van der Waals surface area contributed by atoms with Crippen LogP contribution < -0.4 is 4.74 Å². The van der Waals surface area contributed by atoms with E-state index in [1.54, 1.807) is 4.90 Å². The molecule has 0 saturated carbocycles. The van der Waals surface area contributed by atoms with E-state index in [9.17, 15) is 14.3 Å². The number of aliphatic hydroxyl groups is 1. The van der Waals surface area contributed by atoms with E-state index in [1.165, 1.54) is 49.9 Å². The van der Waals surface area contributed by atoms with Gasteiger partial charge in [0.2, 0.25) is 0 Å². The van der Waals surface area contributed by atoms with Gasteiger partial charge in [0.25, 0.3) is 5.91 Å². The summed E-state index contributed by atoms with van der Waals surface area (Å²) < 4.78 is 18.4. The zero-order valence-electron chi connectivity index (χ0n) is 15.3. The van der Waals surface area contributed by atoms with Crippen LogP contribution in [-0.2, 0) is 4.79 Å². The molecule has 1 aromatic rings. The second-order valence-corrected chi connectivity index (χ2v) is 7.46. The van der Waals surface area contributed by atoms with Gasteiger partial charge in [-0.15, -0.1) is 0 Å². The van der Waals surface area contributed by atoms with Crippen LogP contribution in [0.3, 0.4) is 0 Å². The van der Waals surface area contributed by atoms with Crippen molar-refractivity contribution in [1.29, 1.82) is 0 Å². The minimum atomic E-state index is -0.328. The maximum atomic E-state index is 12.9. The molecule has 5 nitrogen and oxygen atoms in total. The fourth-order valence-electron chi connectivity index (χ4n) is 3.97. The molecular formula is C20H29FN2O3. The summed E-state index contributed by atoms with van der Waals surface area (Å²) in [5, 5.41) is 9.73. The largest absolute Gasteiger partial charge is 0.484 e. The van der Waals surface area contributed by atoms with E-state index in [4.69, 9.17) is 4.74 Å². The van der Waals surface area contributed by atoms with Crippen molar-refractivity contribution in [3.63, 3.8) is 0 Å². The molecule has 2 atom stereocenters. The number of rotatable bonds is 6. The maximum absolute atomic E-state index is 12.9. The van der Waals surface area contributed by atoms with Gasteiger partial charge in [0, 0.05) is 32.2 Å². The normalized spacial score (nSPS) is 24.5. The number of amides is 1. The molecule has 0 radical (unpaired) electrons. The van der Waals surface area contributed by atoms with E-state index in [1.807, 2.05) is 0 Å². The van der Waals surface area contributed by atoms with Crippen molar-refractivity contribution < 1.29 is 19.0 Å². The van der Waals surface area contributed by atoms with Gasteiger partial charge >= 0.3 is 0 Å². The SMILES string of the molecule is O=C(COc1ccc(F)cc1)N1C[C@@H](CO)[C@@H](CN2CCCCCC2)C1. The molecule has 2 saturated heterocycles. The van der Waals surface area contributed by atoms with Crippen molar-refractivity contribution >= 4 is 5.91 Å². The Bertz CT molecular complexity index is 573. The molecular weight excluding hydrogens is 335 g/mol. The fraction of sp³-hybridized carbons (Fsp3) is 0.650. The number of likely N-dealkylation sites (tertiary alicyclic amines) is 2. The van der Waals surface area contributed by atoms with Crippen LogP contribution in [0, 0.1) is 17.7 Å². The van der Waals surface area contributed by atoms with Crippen molar-refractivity contribution in [2.24, 2.45) is 11.8 Å². The van der Waals surface area contributed by atoms with Gasteiger partial charge in [-0.3, -0.25) is 4.79 Å². The molecule has 144 valence electrons. The summed E-state index contributed by atoms with van der Waals surface area (Å²) in [4.78, 5) is 16.8. The smallest absolute Gasteiger partial charge is 0.260 e. The highest BCUT2D eigenvalue weighted by Gasteiger charge is 2.35. The van der Waals surface area contributed by atoms with Crippen molar-refractivity contribution in [1.82, 2.24) is 9.80 Å². The number of nitrogens with zero attached hydrogens (tertiary/aromatic N) is 2. The Morgan fingerprint density at radius 2 is 1.73 bits per heavy atom. The van der Waals surface area contributed by atoms with Gasteiger partial charge in [0.15, 0.2) is 6.61 Å². The molecule has 2 aliphatic rings. The molecule has 26 heavy (non-hydrogen) atoms. The van der Waals surface area contributed by atoms with Crippen LogP contribution in [0.5, 0.6) is 5.75 Å². The van der Waals surface area contributed by atoms with Crippen LogP contribution in [0.4, 0.5) is 4.39 Å². The average molecular weight is 364 g/mol. The topological polar surface area (TPSA) is 53.0 Å². The molecule has 3 rings (SSSR count). The third-order valence-corrected chi connectivity index (χ3v) is 5.53.